The maximum atomic E-state index is 12.2. The molecule has 2 aromatic carbocycles. The molecule has 2 aromatic rings. The van der Waals surface area contributed by atoms with Crippen LogP contribution in [0.4, 0.5) is 0 Å². The van der Waals surface area contributed by atoms with E-state index in [1.807, 2.05) is 19.1 Å². The zero-order valence-corrected chi connectivity index (χ0v) is 14.5. The summed E-state index contributed by atoms with van der Waals surface area (Å²) in [6, 6.07) is 14.4. The van der Waals surface area contributed by atoms with Gasteiger partial charge in [0.25, 0.3) is 5.91 Å². The molecular weight excluding hydrogens is 298 g/mol. The fraction of sp³-hybridized carbons (Fsp3) is 0.381. The zero-order valence-electron chi connectivity index (χ0n) is 14.5. The summed E-state index contributed by atoms with van der Waals surface area (Å²) in [5.74, 6) is 0.779. The highest BCUT2D eigenvalue weighted by atomic mass is 16.5. The lowest BCUT2D eigenvalue weighted by Gasteiger charge is -2.20. The number of rotatable bonds is 5. The van der Waals surface area contributed by atoms with Gasteiger partial charge in [-0.25, -0.2) is 0 Å². The number of nitrogens with one attached hydrogen (secondary N) is 1. The van der Waals surface area contributed by atoms with Crippen molar-refractivity contribution in [2.75, 3.05) is 6.61 Å². The van der Waals surface area contributed by atoms with Gasteiger partial charge in [-0.3, -0.25) is 4.79 Å². The Morgan fingerprint density at radius 3 is 2.67 bits per heavy atom. The minimum absolute atomic E-state index is 0.0219. The molecule has 0 unspecified atom stereocenters. The summed E-state index contributed by atoms with van der Waals surface area (Å²) in [7, 11) is 0. The third kappa shape index (κ3) is 3.97. The van der Waals surface area contributed by atoms with Gasteiger partial charge in [0.1, 0.15) is 5.75 Å². The first-order valence-corrected chi connectivity index (χ1v) is 8.73. The molecule has 1 aliphatic carbocycles. The van der Waals surface area contributed by atoms with Crippen molar-refractivity contribution in [2.45, 2.75) is 45.6 Å². The van der Waals surface area contributed by atoms with Crippen LogP contribution in [0.2, 0.25) is 0 Å². The van der Waals surface area contributed by atoms with Crippen LogP contribution in [0, 0.1) is 6.92 Å². The quantitative estimate of drug-likeness (QED) is 0.898. The lowest BCUT2D eigenvalue weighted by molar-refractivity contribution is -0.123. The van der Waals surface area contributed by atoms with Crippen LogP contribution in [0.25, 0.3) is 0 Å². The Labute approximate surface area is 144 Å². The van der Waals surface area contributed by atoms with Gasteiger partial charge in [0.05, 0.1) is 6.04 Å². The van der Waals surface area contributed by atoms with E-state index in [-0.39, 0.29) is 18.6 Å². The smallest absolute Gasteiger partial charge is 0.258 e. The number of ether oxygens (including phenoxy) is 1. The molecule has 3 heteroatoms. The van der Waals surface area contributed by atoms with Crippen LogP contribution in [0.3, 0.4) is 0 Å². The van der Waals surface area contributed by atoms with Gasteiger partial charge in [0.2, 0.25) is 0 Å². The highest BCUT2D eigenvalue weighted by Gasteiger charge is 2.15. The van der Waals surface area contributed by atoms with E-state index < -0.39 is 0 Å². The highest BCUT2D eigenvalue weighted by Crippen LogP contribution is 2.29. The molecule has 0 aliphatic heterocycles. The molecule has 3 rings (SSSR count). The normalized spacial score (nSPS) is 14.6. The van der Waals surface area contributed by atoms with Crippen molar-refractivity contribution in [3.8, 4) is 5.75 Å². The van der Waals surface area contributed by atoms with Crippen molar-refractivity contribution in [1.82, 2.24) is 5.32 Å². The maximum Gasteiger partial charge on any atom is 0.258 e. The lowest BCUT2D eigenvalue weighted by Crippen LogP contribution is -2.31. The van der Waals surface area contributed by atoms with Crippen molar-refractivity contribution in [2.24, 2.45) is 0 Å². The van der Waals surface area contributed by atoms with Gasteiger partial charge < -0.3 is 10.1 Å². The molecule has 24 heavy (non-hydrogen) atoms. The number of carbonyl (C=O) groups excluding carboxylic acids is 1. The van der Waals surface area contributed by atoms with E-state index in [0.717, 1.165) is 24.2 Å². The number of hydrogen-bond donors (Lipinski definition) is 1. The van der Waals surface area contributed by atoms with Gasteiger partial charge in [-0.2, -0.15) is 0 Å². The Kier molecular flexibility index (Phi) is 5.19. The molecule has 0 fully saturated rings. The van der Waals surface area contributed by atoms with Crippen molar-refractivity contribution in [1.29, 1.82) is 0 Å². The number of benzene rings is 2. The predicted octanol–water partition coefficient (Wildman–Crippen LogP) is 4.13. The van der Waals surface area contributed by atoms with E-state index in [0.29, 0.717) is 0 Å². The molecule has 0 saturated carbocycles. The summed E-state index contributed by atoms with van der Waals surface area (Å²) in [5, 5.41) is 3.00. The molecule has 0 spiro atoms. The topological polar surface area (TPSA) is 38.3 Å². The summed E-state index contributed by atoms with van der Waals surface area (Å²) in [5.41, 5.74) is 4.97. The van der Waals surface area contributed by atoms with E-state index in [2.05, 4.69) is 42.6 Å². The second-order valence-electron chi connectivity index (χ2n) is 6.59. The summed E-state index contributed by atoms with van der Waals surface area (Å²) >= 11 is 0. The monoisotopic (exact) mass is 323 g/mol. The zero-order chi connectivity index (χ0) is 16.9. The van der Waals surface area contributed by atoms with Crippen molar-refractivity contribution < 1.29 is 9.53 Å². The minimum atomic E-state index is -0.0866. The first-order valence-electron chi connectivity index (χ1n) is 8.73. The third-order valence-corrected chi connectivity index (χ3v) is 4.67. The summed E-state index contributed by atoms with van der Waals surface area (Å²) in [6.45, 7) is 4.11. The molecule has 1 atom stereocenters. The fourth-order valence-electron chi connectivity index (χ4n) is 3.25. The lowest BCUT2D eigenvalue weighted by atomic mass is 9.91. The second kappa shape index (κ2) is 7.52. The van der Waals surface area contributed by atoms with Crippen LogP contribution in [0.5, 0.6) is 5.75 Å². The number of aryl methyl sites for hydroxylation is 2. The Morgan fingerprint density at radius 2 is 1.88 bits per heavy atom. The average molecular weight is 323 g/mol. The minimum Gasteiger partial charge on any atom is -0.483 e. The molecular formula is C21H25NO2. The third-order valence-electron chi connectivity index (χ3n) is 4.67. The van der Waals surface area contributed by atoms with Crippen LogP contribution in [0.15, 0.2) is 42.5 Å². The van der Waals surface area contributed by atoms with Gasteiger partial charge in [-0.1, -0.05) is 42.0 Å². The molecule has 0 radical (unpaired) electrons. The van der Waals surface area contributed by atoms with Gasteiger partial charge in [-0.15, -0.1) is 0 Å². The Morgan fingerprint density at radius 1 is 1.12 bits per heavy atom. The number of fused-ring (bicyclic) bond motifs is 1. The van der Waals surface area contributed by atoms with Crippen LogP contribution in [-0.4, -0.2) is 12.5 Å². The van der Waals surface area contributed by atoms with Gasteiger partial charge in [0, 0.05) is 0 Å². The Bertz CT molecular complexity index is 706. The van der Waals surface area contributed by atoms with Gasteiger partial charge in [0.15, 0.2) is 6.61 Å². The molecule has 126 valence electrons. The molecule has 0 aromatic heterocycles. The van der Waals surface area contributed by atoms with Crippen molar-refractivity contribution >= 4 is 5.91 Å². The van der Waals surface area contributed by atoms with Gasteiger partial charge >= 0.3 is 0 Å². The SMILES string of the molecule is Cc1ccc([C@H](C)NC(=O)COc2cccc3c2CCCC3)cc1. The second-order valence-corrected chi connectivity index (χ2v) is 6.59. The number of amides is 1. The Balaban J connectivity index is 1.57. The van der Waals surface area contributed by atoms with Crippen molar-refractivity contribution in [3.63, 3.8) is 0 Å². The standard InChI is InChI=1S/C21H25NO2/c1-15-10-12-17(13-11-15)16(2)22-21(23)14-24-20-9-5-7-18-6-3-4-8-19(18)20/h5,7,9-13,16H,3-4,6,8,14H2,1-2H3,(H,22,23)/t16-/m0/s1. The van der Waals surface area contributed by atoms with Crippen molar-refractivity contribution in [3.05, 3.63) is 64.7 Å². The highest BCUT2D eigenvalue weighted by molar-refractivity contribution is 5.78. The van der Waals surface area contributed by atoms with Crippen LogP contribution < -0.4 is 10.1 Å². The molecule has 1 N–H and O–H groups in total. The average Bonchev–Trinajstić information content (AvgIpc) is 2.60. The summed E-state index contributed by atoms with van der Waals surface area (Å²) in [4.78, 5) is 12.2. The molecule has 1 amide bonds. The van der Waals surface area contributed by atoms with E-state index >= 15 is 0 Å². The summed E-state index contributed by atoms with van der Waals surface area (Å²) < 4.78 is 5.81. The number of hydrogen-bond acceptors (Lipinski definition) is 2. The summed E-state index contributed by atoms with van der Waals surface area (Å²) in [6.07, 6.45) is 4.60. The number of carbonyl (C=O) groups is 1. The fourth-order valence-corrected chi connectivity index (χ4v) is 3.25. The Hall–Kier alpha value is -2.29. The van der Waals surface area contributed by atoms with Crippen LogP contribution in [0.1, 0.15) is 48.1 Å². The molecule has 1 aliphatic rings. The van der Waals surface area contributed by atoms with Crippen LogP contribution >= 0.6 is 0 Å². The molecule has 0 heterocycles. The largest absolute Gasteiger partial charge is 0.483 e. The maximum absolute atomic E-state index is 12.2. The predicted molar refractivity (Wildman–Crippen MR) is 96.3 cm³/mol. The van der Waals surface area contributed by atoms with Crippen LogP contribution in [-0.2, 0) is 17.6 Å². The molecule has 0 saturated heterocycles. The first kappa shape index (κ1) is 16.6. The molecule has 0 bridgehead atoms. The molecule has 3 nitrogen and oxygen atoms in total. The first-order chi connectivity index (χ1) is 11.6. The van der Waals surface area contributed by atoms with E-state index in [4.69, 9.17) is 4.74 Å². The van der Waals surface area contributed by atoms with E-state index in [1.54, 1.807) is 0 Å². The van der Waals surface area contributed by atoms with E-state index in [9.17, 15) is 4.79 Å². The van der Waals surface area contributed by atoms with E-state index in [1.165, 1.54) is 29.5 Å². The van der Waals surface area contributed by atoms with Gasteiger partial charge in [-0.05, 0) is 62.3 Å².